The molecular weight excluding hydrogens is 348 g/mol. The number of rotatable bonds is 4. The van der Waals surface area contributed by atoms with E-state index in [1.807, 2.05) is 24.6 Å². The van der Waals surface area contributed by atoms with Crippen LogP contribution in [0.5, 0.6) is 0 Å². The molecule has 1 aliphatic carbocycles. The summed E-state index contributed by atoms with van der Waals surface area (Å²) in [5, 5.41) is 9.29. The molecule has 2 fully saturated rings. The largest absolute Gasteiger partial charge is 0.469 e. The SMILES string of the molecule is Cc1occc1-c1nnc(SCC(=O)N2CC[C@@H]3CCCC[C@H]3C2)n1C. The fourth-order valence-corrected chi connectivity index (χ4v) is 5.15. The first kappa shape index (κ1) is 17.6. The number of fused-ring (bicyclic) bond motifs is 1. The Hall–Kier alpha value is -1.76. The number of hydrogen-bond acceptors (Lipinski definition) is 5. The van der Waals surface area contributed by atoms with Crippen LogP contribution in [-0.4, -0.2) is 44.4 Å². The minimum Gasteiger partial charge on any atom is -0.469 e. The van der Waals surface area contributed by atoms with Crippen LogP contribution in [0.1, 0.15) is 37.9 Å². The van der Waals surface area contributed by atoms with Crippen LogP contribution in [0, 0.1) is 18.8 Å². The van der Waals surface area contributed by atoms with Gasteiger partial charge >= 0.3 is 0 Å². The van der Waals surface area contributed by atoms with Crippen LogP contribution in [0.15, 0.2) is 21.9 Å². The predicted molar refractivity (Wildman–Crippen MR) is 101 cm³/mol. The van der Waals surface area contributed by atoms with Crippen molar-refractivity contribution < 1.29 is 9.21 Å². The van der Waals surface area contributed by atoms with Gasteiger partial charge in [-0.3, -0.25) is 4.79 Å². The lowest BCUT2D eigenvalue weighted by Gasteiger charge is -2.41. The molecule has 0 N–H and O–H groups in total. The maximum atomic E-state index is 12.7. The standard InChI is InChI=1S/C19H26N4O2S/c1-13-16(8-10-25-13)18-20-21-19(22(18)2)26-12-17(24)23-9-7-14-5-3-4-6-15(14)11-23/h8,10,14-15H,3-7,9,11-12H2,1-2H3/t14-,15-/m0/s1. The number of aryl methyl sites for hydroxylation is 1. The molecule has 1 aliphatic heterocycles. The normalized spacial score (nSPS) is 23.1. The maximum Gasteiger partial charge on any atom is 0.233 e. The molecule has 0 aromatic carbocycles. The zero-order valence-electron chi connectivity index (χ0n) is 15.5. The molecule has 0 spiro atoms. The average Bonchev–Trinajstić information content (AvgIpc) is 3.24. The number of piperidine rings is 1. The predicted octanol–water partition coefficient (Wildman–Crippen LogP) is 3.51. The van der Waals surface area contributed by atoms with E-state index in [9.17, 15) is 4.79 Å². The summed E-state index contributed by atoms with van der Waals surface area (Å²) in [4.78, 5) is 14.7. The Labute approximate surface area is 158 Å². The van der Waals surface area contributed by atoms with E-state index in [0.29, 0.717) is 5.75 Å². The molecule has 3 heterocycles. The Kier molecular flexibility index (Phi) is 5.07. The van der Waals surface area contributed by atoms with E-state index in [2.05, 4.69) is 15.1 Å². The monoisotopic (exact) mass is 374 g/mol. The van der Waals surface area contributed by atoms with Crippen molar-refractivity contribution in [1.82, 2.24) is 19.7 Å². The second-order valence-corrected chi connectivity index (χ2v) is 8.42. The van der Waals surface area contributed by atoms with Gasteiger partial charge < -0.3 is 13.9 Å². The van der Waals surface area contributed by atoms with Crippen LogP contribution in [0.25, 0.3) is 11.4 Å². The van der Waals surface area contributed by atoms with Gasteiger partial charge in [0, 0.05) is 20.1 Å². The molecule has 2 atom stereocenters. The summed E-state index contributed by atoms with van der Waals surface area (Å²) in [5.74, 6) is 3.81. The number of carbonyl (C=O) groups excluding carboxylic acids is 1. The van der Waals surface area contributed by atoms with E-state index < -0.39 is 0 Å². The molecule has 0 bridgehead atoms. The van der Waals surface area contributed by atoms with Gasteiger partial charge in [-0.25, -0.2) is 0 Å². The van der Waals surface area contributed by atoms with Crippen molar-refractivity contribution in [3.05, 3.63) is 18.1 Å². The lowest BCUT2D eigenvalue weighted by molar-refractivity contribution is -0.131. The summed E-state index contributed by atoms with van der Waals surface area (Å²) in [5.41, 5.74) is 0.942. The van der Waals surface area contributed by atoms with Crippen molar-refractivity contribution >= 4 is 17.7 Å². The molecule has 1 saturated carbocycles. The minimum absolute atomic E-state index is 0.225. The Morgan fingerprint density at radius 2 is 2.08 bits per heavy atom. The molecule has 2 aromatic rings. The van der Waals surface area contributed by atoms with Crippen molar-refractivity contribution in [3.63, 3.8) is 0 Å². The van der Waals surface area contributed by atoms with Crippen LogP contribution in [-0.2, 0) is 11.8 Å². The molecule has 7 heteroatoms. The molecular formula is C19H26N4O2S. The molecule has 0 radical (unpaired) electrons. The number of nitrogens with zero attached hydrogens (tertiary/aromatic N) is 4. The number of thioether (sulfide) groups is 1. The first-order valence-electron chi connectivity index (χ1n) is 9.48. The number of aromatic nitrogens is 3. The highest BCUT2D eigenvalue weighted by molar-refractivity contribution is 7.99. The quantitative estimate of drug-likeness (QED) is 0.766. The second kappa shape index (κ2) is 7.47. The third kappa shape index (κ3) is 3.41. The van der Waals surface area contributed by atoms with Crippen molar-refractivity contribution in [3.8, 4) is 11.4 Å². The van der Waals surface area contributed by atoms with Gasteiger partial charge in [-0.15, -0.1) is 10.2 Å². The number of furan rings is 1. The van der Waals surface area contributed by atoms with Gasteiger partial charge in [-0.1, -0.05) is 31.0 Å². The zero-order chi connectivity index (χ0) is 18.1. The van der Waals surface area contributed by atoms with Gasteiger partial charge in [-0.05, 0) is 37.7 Å². The smallest absolute Gasteiger partial charge is 0.233 e. The minimum atomic E-state index is 0.225. The topological polar surface area (TPSA) is 64.2 Å². The summed E-state index contributed by atoms with van der Waals surface area (Å²) >= 11 is 1.47. The third-order valence-corrected chi connectivity index (χ3v) is 6.91. The van der Waals surface area contributed by atoms with E-state index in [1.165, 1.54) is 43.9 Å². The summed E-state index contributed by atoms with van der Waals surface area (Å²) in [6.07, 6.45) is 8.18. The van der Waals surface area contributed by atoms with Crippen molar-refractivity contribution in [2.45, 2.75) is 44.2 Å². The fraction of sp³-hybridized carbons (Fsp3) is 0.632. The highest BCUT2D eigenvalue weighted by Crippen LogP contribution is 2.36. The second-order valence-electron chi connectivity index (χ2n) is 7.48. The molecule has 1 saturated heterocycles. The van der Waals surface area contributed by atoms with E-state index in [0.717, 1.165) is 47.2 Å². The molecule has 1 amide bonds. The molecule has 140 valence electrons. The average molecular weight is 375 g/mol. The summed E-state index contributed by atoms with van der Waals surface area (Å²) in [6.45, 7) is 3.77. The highest BCUT2D eigenvalue weighted by atomic mass is 32.2. The Morgan fingerprint density at radius 3 is 2.85 bits per heavy atom. The fourth-order valence-electron chi connectivity index (χ4n) is 4.34. The highest BCUT2D eigenvalue weighted by Gasteiger charge is 2.32. The maximum absolute atomic E-state index is 12.7. The molecule has 2 aromatic heterocycles. The van der Waals surface area contributed by atoms with Gasteiger partial charge in [0.25, 0.3) is 0 Å². The third-order valence-electron chi connectivity index (χ3n) is 5.90. The Morgan fingerprint density at radius 1 is 1.27 bits per heavy atom. The van der Waals surface area contributed by atoms with Gasteiger partial charge in [0.15, 0.2) is 11.0 Å². The van der Waals surface area contributed by atoms with Crippen LogP contribution >= 0.6 is 11.8 Å². The summed E-state index contributed by atoms with van der Waals surface area (Å²) in [6, 6.07) is 1.90. The number of carbonyl (C=O) groups is 1. The zero-order valence-corrected chi connectivity index (χ0v) is 16.3. The molecule has 4 rings (SSSR count). The van der Waals surface area contributed by atoms with Gasteiger partial charge in [-0.2, -0.15) is 0 Å². The number of amides is 1. The van der Waals surface area contributed by atoms with Crippen molar-refractivity contribution in [2.24, 2.45) is 18.9 Å². The van der Waals surface area contributed by atoms with Crippen LogP contribution in [0.2, 0.25) is 0 Å². The van der Waals surface area contributed by atoms with Crippen LogP contribution in [0.4, 0.5) is 0 Å². The van der Waals surface area contributed by atoms with E-state index in [4.69, 9.17) is 4.42 Å². The van der Waals surface area contributed by atoms with E-state index in [-0.39, 0.29) is 5.91 Å². The molecule has 2 aliphatic rings. The molecule has 0 unspecified atom stereocenters. The first-order chi connectivity index (χ1) is 12.6. The summed E-state index contributed by atoms with van der Waals surface area (Å²) in [7, 11) is 1.93. The van der Waals surface area contributed by atoms with Gasteiger partial charge in [0.1, 0.15) is 5.76 Å². The van der Waals surface area contributed by atoms with Crippen molar-refractivity contribution in [2.75, 3.05) is 18.8 Å². The van der Waals surface area contributed by atoms with Crippen molar-refractivity contribution in [1.29, 1.82) is 0 Å². The lowest BCUT2D eigenvalue weighted by Crippen LogP contribution is -2.45. The van der Waals surface area contributed by atoms with Gasteiger partial charge in [0.05, 0.1) is 17.6 Å². The Bertz CT molecular complexity index is 784. The molecule has 26 heavy (non-hydrogen) atoms. The van der Waals surface area contributed by atoms with Gasteiger partial charge in [0.2, 0.25) is 5.91 Å². The molecule has 6 nitrogen and oxygen atoms in total. The van der Waals surface area contributed by atoms with Crippen LogP contribution < -0.4 is 0 Å². The lowest BCUT2D eigenvalue weighted by atomic mass is 9.75. The van der Waals surface area contributed by atoms with E-state index in [1.54, 1.807) is 6.26 Å². The van der Waals surface area contributed by atoms with E-state index >= 15 is 0 Å². The Balaban J connectivity index is 1.36. The van der Waals surface area contributed by atoms with Crippen LogP contribution in [0.3, 0.4) is 0 Å². The first-order valence-corrected chi connectivity index (χ1v) is 10.5. The number of hydrogen-bond donors (Lipinski definition) is 0. The summed E-state index contributed by atoms with van der Waals surface area (Å²) < 4.78 is 7.29. The number of likely N-dealkylation sites (tertiary alicyclic amines) is 1.